The first-order valence-corrected chi connectivity index (χ1v) is 11.9. The van der Waals surface area contributed by atoms with E-state index in [9.17, 15) is 8.42 Å². The zero-order valence-corrected chi connectivity index (χ0v) is 19.1. The van der Waals surface area contributed by atoms with Crippen LogP contribution in [0.4, 0.5) is 0 Å². The summed E-state index contributed by atoms with van der Waals surface area (Å²) in [5.41, 5.74) is 2.63. The van der Waals surface area contributed by atoms with Gasteiger partial charge in [-0.3, -0.25) is 0 Å². The smallest absolute Gasteiger partial charge is 0.243 e. The minimum absolute atomic E-state index is 0.197. The van der Waals surface area contributed by atoms with Crippen molar-refractivity contribution in [3.63, 3.8) is 0 Å². The second-order valence-corrected chi connectivity index (χ2v) is 9.78. The number of aromatic nitrogens is 2. The van der Waals surface area contributed by atoms with E-state index in [2.05, 4.69) is 10.1 Å². The molecule has 1 heterocycles. The Morgan fingerprint density at radius 2 is 1.72 bits per heavy atom. The van der Waals surface area contributed by atoms with Gasteiger partial charge in [0.05, 0.1) is 4.90 Å². The third-order valence-corrected chi connectivity index (χ3v) is 7.08. The second kappa shape index (κ2) is 9.65. The van der Waals surface area contributed by atoms with E-state index in [0.717, 1.165) is 16.7 Å². The van der Waals surface area contributed by atoms with Crippen LogP contribution < -0.4 is 0 Å². The van der Waals surface area contributed by atoms with Crippen LogP contribution in [0.1, 0.15) is 17.0 Å². The normalized spacial score (nSPS) is 11.7. The van der Waals surface area contributed by atoms with E-state index in [-0.39, 0.29) is 24.4 Å². The van der Waals surface area contributed by atoms with Crippen molar-refractivity contribution in [3.8, 4) is 11.4 Å². The third kappa shape index (κ3) is 5.24. The molecule has 0 bridgehead atoms. The summed E-state index contributed by atoms with van der Waals surface area (Å²) in [5, 5.41) is 4.58. The van der Waals surface area contributed by atoms with Crippen LogP contribution in [0.2, 0.25) is 5.02 Å². The highest BCUT2D eigenvalue weighted by Crippen LogP contribution is 2.22. The molecule has 0 aliphatic carbocycles. The van der Waals surface area contributed by atoms with Crippen molar-refractivity contribution in [2.45, 2.75) is 24.8 Å². The van der Waals surface area contributed by atoms with Gasteiger partial charge in [-0.25, -0.2) is 8.42 Å². The van der Waals surface area contributed by atoms with E-state index >= 15 is 0 Å². The highest BCUT2D eigenvalue weighted by Gasteiger charge is 2.25. The summed E-state index contributed by atoms with van der Waals surface area (Å²) >= 11 is 6.04. The van der Waals surface area contributed by atoms with Gasteiger partial charge in [-0.2, -0.15) is 9.29 Å². The van der Waals surface area contributed by atoms with Crippen LogP contribution in [0.15, 0.2) is 88.3 Å². The average Bonchev–Trinajstić information content (AvgIpc) is 3.27. The molecule has 8 heteroatoms. The van der Waals surface area contributed by atoms with Gasteiger partial charge in [0, 0.05) is 30.1 Å². The Hall–Kier alpha value is -3.00. The first-order chi connectivity index (χ1) is 15.4. The number of sulfonamides is 1. The minimum atomic E-state index is -3.71. The van der Waals surface area contributed by atoms with Gasteiger partial charge < -0.3 is 4.52 Å². The highest BCUT2D eigenvalue weighted by atomic mass is 35.5. The maximum atomic E-state index is 13.4. The van der Waals surface area contributed by atoms with Crippen LogP contribution >= 0.6 is 11.6 Å². The van der Waals surface area contributed by atoms with Gasteiger partial charge in [0.25, 0.3) is 0 Å². The molecule has 4 aromatic rings. The fourth-order valence-corrected chi connectivity index (χ4v) is 4.87. The molecular weight excluding hydrogens is 446 g/mol. The molecule has 1 aromatic heterocycles. The van der Waals surface area contributed by atoms with Gasteiger partial charge in [-0.05, 0) is 36.8 Å². The molecule has 0 radical (unpaired) electrons. The van der Waals surface area contributed by atoms with Crippen molar-refractivity contribution < 1.29 is 12.9 Å². The molecule has 32 heavy (non-hydrogen) atoms. The van der Waals surface area contributed by atoms with Gasteiger partial charge in [0.2, 0.25) is 21.7 Å². The van der Waals surface area contributed by atoms with Gasteiger partial charge in [-0.15, -0.1) is 0 Å². The lowest BCUT2D eigenvalue weighted by molar-refractivity contribution is 0.349. The Morgan fingerprint density at radius 1 is 0.969 bits per heavy atom. The van der Waals surface area contributed by atoms with E-state index in [1.165, 1.54) is 4.31 Å². The molecule has 0 saturated carbocycles. The molecule has 0 aliphatic rings. The Kier molecular flexibility index (Phi) is 6.69. The summed E-state index contributed by atoms with van der Waals surface area (Å²) in [5.74, 6) is 0.774. The first-order valence-electron chi connectivity index (χ1n) is 10.1. The van der Waals surface area contributed by atoms with Crippen molar-refractivity contribution in [2.24, 2.45) is 0 Å². The predicted molar refractivity (Wildman–Crippen MR) is 124 cm³/mol. The number of benzene rings is 3. The largest absolute Gasteiger partial charge is 0.339 e. The van der Waals surface area contributed by atoms with Crippen LogP contribution in [0.5, 0.6) is 0 Å². The quantitative estimate of drug-likeness (QED) is 0.359. The molecule has 4 rings (SSSR count). The molecule has 0 N–H and O–H groups in total. The van der Waals surface area contributed by atoms with Crippen LogP contribution in [0.25, 0.3) is 11.4 Å². The minimum Gasteiger partial charge on any atom is -0.339 e. The number of halogens is 1. The summed E-state index contributed by atoms with van der Waals surface area (Å²) in [6.45, 7) is 2.36. The van der Waals surface area contributed by atoms with E-state index in [1.54, 1.807) is 36.4 Å². The Labute approximate surface area is 192 Å². The van der Waals surface area contributed by atoms with E-state index in [0.29, 0.717) is 16.7 Å². The van der Waals surface area contributed by atoms with E-state index in [4.69, 9.17) is 16.1 Å². The molecule has 0 aliphatic heterocycles. The molecule has 3 aromatic carbocycles. The number of aryl methyl sites for hydroxylation is 1. The average molecular weight is 468 g/mol. The fourth-order valence-electron chi connectivity index (χ4n) is 3.25. The zero-order chi connectivity index (χ0) is 22.6. The number of hydrogen-bond donors (Lipinski definition) is 0. The molecule has 0 atom stereocenters. The predicted octanol–water partition coefficient (Wildman–Crippen LogP) is 5.13. The Bertz CT molecular complexity index is 1290. The molecule has 164 valence electrons. The lowest BCUT2D eigenvalue weighted by Crippen LogP contribution is -2.32. The van der Waals surface area contributed by atoms with Crippen molar-refractivity contribution in [1.82, 2.24) is 14.4 Å². The lowest BCUT2D eigenvalue weighted by Gasteiger charge is -2.22. The van der Waals surface area contributed by atoms with Crippen molar-refractivity contribution in [1.29, 1.82) is 0 Å². The Balaban J connectivity index is 1.56. The van der Waals surface area contributed by atoms with Crippen LogP contribution in [-0.2, 0) is 23.0 Å². The van der Waals surface area contributed by atoms with Gasteiger partial charge in [0.15, 0.2) is 0 Å². The number of rotatable bonds is 8. The van der Waals surface area contributed by atoms with Gasteiger partial charge >= 0.3 is 0 Å². The number of nitrogens with zero attached hydrogens (tertiary/aromatic N) is 3. The van der Waals surface area contributed by atoms with Crippen LogP contribution in [0.3, 0.4) is 0 Å². The van der Waals surface area contributed by atoms with Crippen LogP contribution in [-0.4, -0.2) is 29.4 Å². The van der Waals surface area contributed by atoms with Gasteiger partial charge in [-0.1, -0.05) is 76.9 Å². The standard InChI is InChI=1S/C24H22ClN3O3S/c1-18-10-12-22(13-11-18)32(29,30)28(17-19-6-3-2-4-7-19)15-14-23-26-24(27-31-23)20-8-5-9-21(25)16-20/h2-13,16H,14-15,17H2,1H3. The van der Waals surface area contributed by atoms with E-state index < -0.39 is 10.0 Å². The summed E-state index contributed by atoms with van der Waals surface area (Å²) < 4.78 is 33.6. The van der Waals surface area contributed by atoms with Crippen molar-refractivity contribution in [3.05, 3.63) is 101 Å². The molecule has 0 amide bonds. The maximum absolute atomic E-state index is 13.4. The molecule has 6 nitrogen and oxygen atoms in total. The molecule has 0 unspecified atom stereocenters. The fraction of sp³-hybridized carbons (Fsp3) is 0.167. The third-order valence-electron chi connectivity index (χ3n) is 4.99. The molecule has 0 fully saturated rings. The summed E-state index contributed by atoms with van der Waals surface area (Å²) in [7, 11) is -3.71. The summed E-state index contributed by atoms with van der Waals surface area (Å²) in [6.07, 6.45) is 0.283. The molecular formula is C24H22ClN3O3S. The second-order valence-electron chi connectivity index (χ2n) is 7.41. The Morgan fingerprint density at radius 3 is 2.44 bits per heavy atom. The molecule has 0 saturated heterocycles. The van der Waals surface area contributed by atoms with Gasteiger partial charge in [0.1, 0.15) is 0 Å². The summed E-state index contributed by atoms with van der Waals surface area (Å²) in [4.78, 5) is 4.66. The number of hydrogen-bond acceptors (Lipinski definition) is 5. The monoisotopic (exact) mass is 467 g/mol. The van der Waals surface area contributed by atoms with Crippen molar-refractivity contribution >= 4 is 21.6 Å². The van der Waals surface area contributed by atoms with E-state index in [1.807, 2.05) is 49.4 Å². The first kappa shape index (κ1) is 22.2. The zero-order valence-electron chi connectivity index (χ0n) is 17.5. The van der Waals surface area contributed by atoms with Crippen LogP contribution in [0, 0.1) is 6.92 Å². The SMILES string of the molecule is Cc1ccc(S(=O)(=O)N(CCc2nc(-c3cccc(Cl)c3)no2)Cc2ccccc2)cc1. The highest BCUT2D eigenvalue weighted by molar-refractivity contribution is 7.89. The summed E-state index contributed by atoms with van der Waals surface area (Å²) in [6, 6.07) is 23.5. The topological polar surface area (TPSA) is 76.3 Å². The van der Waals surface area contributed by atoms with Crippen molar-refractivity contribution in [2.75, 3.05) is 6.54 Å². The lowest BCUT2D eigenvalue weighted by atomic mass is 10.2. The maximum Gasteiger partial charge on any atom is 0.243 e. The molecule has 0 spiro atoms.